The SMILES string of the molecule is Cc1cc(C(=O)COC(=O)CCCNS(=O)(=O)c2ccc3c(c2)OCCO3)c(C)c(C)c1C. The number of nitrogens with one attached hydrogen (secondary N) is 1. The monoisotopic (exact) mass is 475 g/mol. The number of carbonyl (C=O) groups excluding carboxylic acids is 2. The van der Waals surface area contributed by atoms with Crippen LogP contribution < -0.4 is 14.2 Å². The molecule has 0 bridgehead atoms. The van der Waals surface area contributed by atoms with E-state index in [2.05, 4.69) is 4.72 Å². The summed E-state index contributed by atoms with van der Waals surface area (Å²) in [5, 5.41) is 0. The molecular weight excluding hydrogens is 446 g/mol. The third-order valence-electron chi connectivity index (χ3n) is 5.82. The van der Waals surface area contributed by atoms with Gasteiger partial charge in [-0.15, -0.1) is 0 Å². The second-order valence-electron chi connectivity index (χ2n) is 8.01. The molecular formula is C24H29NO7S. The van der Waals surface area contributed by atoms with E-state index in [1.807, 2.05) is 33.8 Å². The van der Waals surface area contributed by atoms with Crippen molar-refractivity contribution < 1.29 is 32.2 Å². The Morgan fingerprint density at radius 1 is 0.970 bits per heavy atom. The number of ether oxygens (including phenoxy) is 3. The average Bonchev–Trinajstić information content (AvgIpc) is 2.80. The number of sulfonamides is 1. The Labute approximate surface area is 194 Å². The van der Waals surface area contributed by atoms with E-state index in [0.717, 1.165) is 22.3 Å². The number of ketones is 1. The van der Waals surface area contributed by atoms with Crippen molar-refractivity contribution in [3.8, 4) is 11.5 Å². The van der Waals surface area contributed by atoms with Crippen molar-refractivity contribution in [1.29, 1.82) is 0 Å². The first-order valence-electron chi connectivity index (χ1n) is 10.8. The van der Waals surface area contributed by atoms with Gasteiger partial charge in [0.05, 0.1) is 4.90 Å². The van der Waals surface area contributed by atoms with Crippen molar-refractivity contribution in [3.63, 3.8) is 0 Å². The van der Waals surface area contributed by atoms with Gasteiger partial charge in [-0.05, 0) is 74.6 Å². The highest BCUT2D eigenvalue weighted by molar-refractivity contribution is 7.89. The fourth-order valence-electron chi connectivity index (χ4n) is 3.51. The molecule has 0 unspecified atom stereocenters. The number of rotatable bonds is 9. The van der Waals surface area contributed by atoms with E-state index in [4.69, 9.17) is 14.2 Å². The van der Waals surface area contributed by atoms with Crippen LogP contribution in [0.3, 0.4) is 0 Å². The lowest BCUT2D eigenvalue weighted by Gasteiger charge is -2.18. The topological polar surface area (TPSA) is 108 Å². The fraction of sp³-hybridized carbons (Fsp3) is 0.417. The third-order valence-corrected chi connectivity index (χ3v) is 7.28. The summed E-state index contributed by atoms with van der Waals surface area (Å²) in [4.78, 5) is 24.6. The second kappa shape index (κ2) is 10.4. The Morgan fingerprint density at radius 3 is 2.39 bits per heavy atom. The zero-order valence-electron chi connectivity index (χ0n) is 19.3. The Morgan fingerprint density at radius 2 is 1.67 bits per heavy atom. The van der Waals surface area contributed by atoms with Crippen molar-refractivity contribution >= 4 is 21.8 Å². The fourth-order valence-corrected chi connectivity index (χ4v) is 4.60. The minimum Gasteiger partial charge on any atom is -0.486 e. The van der Waals surface area contributed by atoms with Gasteiger partial charge < -0.3 is 14.2 Å². The predicted octanol–water partition coefficient (Wildman–Crippen LogP) is 3.18. The van der Waals surface area contributed by atoms with Gasteiger partial charge in [0.25, 0.3) is 0 Å². The van der Waals surface area contributed by atoms with Gasteiger partial charge in [-0.1, -0.05) is 0 Å². The standard InChI is InChI=1S/C24H29NO7S/c1-15-12-20(18(4)17(3)16(15)2)21(26)14-32-24(27)6-5-9-25-33(28,29)19-7-8-22-23(13-19)31-11-10-30-22/h7-8,12-13,25H,5-6,9-11,14H2,1-4H3. The van der Waals surface area contributed by atoms with Crippen LogP contribution in [0.25, 0.3) is 0 Å². The van der Waals surface area contributed by atoms with E-state index in [1.165, 1.54) is 12.1 Å². The Hall–Kier alpha value is -2.91. The molecule has 0 aliphatic carbocycles. The first-order chi connectivity index (χ1) is 15.6. The molecule has 8 nitrogen and oxygen atoms in total. The Balaban J connectivity index is 1.46. The number of hydrogen-bond donors (Lipinski definition) is 1. The van der Waals surface area contributed by atoms with Crippen molar-refractivity contribution in [2.45, 2.75) is 45.4 Å². The average molecular weight is 476 g/mol. The van der Waals surface area contributed by atoms with Gasteiger partial charge in [-0.3, -0.25) is 9.59 Å². The summed E-state index contributed by atoms with van der Waals surface area (Å²) in [5.74, 6) is 0.0710. The van der Waals surface area contributed by atoms with Crippen LogP contribution in [-0.2, 0) is 19.6 Å². The van der Waals surface area contributed by atoms with Gasteiger partial charge in [0.15, 0.2) is 18.1 Å². The number of aryl methyl sites for hydroxylation is 1. The highest BCUT2D eigenvalue weighted by Gasteiger charge is 2.20. The molecule has 0 saturated heterocycles. The van der Waals surface area contributed by atoms with Crippen LogP contribution in [0.5, 0.6) is 11.5 Å². The quantitative estimate of drug-likeness (QED) is 0.337. The number of Topliss-reactive ketones (excluding diaryl/α,β-unsaturated/α-hetero) is 1. The predicted molar refractivity (Wildman–Crippen MR) is 123 cm³/mol. The maximum atomic E-state index is 12.5. The molecule has 1 heterocycles. The smallest absolute Gasteiger partial charge is 0.306 e. The molecule has 178 valence electrons. The van der Waals surface area contributed by atoms with Crippen LogP contribution in [0, 0.1) is 27.7 Å². The number of hydrogen-bond acceptors (Lipinski definition) is 7. The summed E-state index contributed by atoms with van der Waals surface area (Å²) in [6, 6.07) is 6.22. The zero-order chi connectivity index (χ0) is 24.2. The number of esters is 1. The molecule has 3 rings (SSSR count). The van der Waals surface area contributed by atoms with Crippen LogP contribution in [-0.4, -0.2) is 46.5 Å². The molecule has 2 aromatic rings. The van der Waals surface area contributed by atoms with Gasteiger partial charge in [-0.25, -0.2) is 13.1 Å². The second-order valence-corrected chi connectivity index (χ2v) is 9.77. The minimum atomic E-state index is -3.76. The molecule has 0 atom stereocenters. The van der Waals surface area contributed by atoms with Crippen LogP contribution in [0.1, 0.15) is 45.5 Å². The summed E-state index contributed by atoms with van der Waals surface area (Å²) in [6.45, 7) is 8.28. The Bertz CT molecular complexity index is 1170. The molecule has 0 amide bonds. The molecule has 2 aromatic carbocycles. The Kier molecular flexibility index (Phi) is 7.76. The highest BCUT2D eigenvalue weighted by Crippen LogP contribution is 2.32. The largest absolute Gasteiger partial charge is 0.486 e. The van der Waals surface area contributed by atoms with Crippen molar-refractivity contribution in [1.82, 2.24) is 4.72 Å². The van der Waals surface area contributed by atoms with E-state index >= 15 is 0 Å². The molecule has 0 saturated carbocycles. The lowest BCUT2D eigenvalue weighted by molar-refractivity contribution is -0.142. The third kappa shape index (κ3) is 5.91. The van der Waals surface area contributed by atoms with E-state index in [-0.39, 0.29) is 36.7 Å². The van der Waals surface area contributed by atoms with Crippen molar-refractivity contribution in [2.24, 2.45) is 0 Å². The molecule has 0 spiro atoms. The van der Waals surface area contributed by atoms with Crippen LogP contribution in [0.15, 0.2) is 29.2 Å². The summed E-state index contributed by atoms with van der Waals surface area (Å²) >= 11 is 0. The summed E-state index contributed by atoms with van der Waals surface area (Å²) in [7, 11) is -3.76. The molecule has 33 heavy (non-hydrogen) atoms. The van der Waals surface area contributed by atoms with E-state index in [9.17, 15) is 18.0 Å². The summed E-state index contributed by atoms with van der Waals surface area (Å²) < 4.78 is 43.3. The maximum absolute atomic E-state index is 12.5. The molecule has 9 heteroatoms. The highest BCUT2D eigenvalue weighted by atomic mass is 32.2. The van der Waals surface area contributed by atoms with E-state index in [0.29, 0.717) is 30.3 Å². The number of fused-ring (bicyclic) bond motifs is 1. The summed E-state index contributed by atoms with van der Waals surface area (Å²) in [5.41, 5.74) is 4.64. The van der Waals surface area contributed by atoms with Crippen molar-refractivity contribution in [2.75, 3.05) is 26.4 Å². The van der Waals surface area contributed by atoms with Gasteiger partial charge in [-0.2, -0.15) is 0 Å². The van der Waals surface area contributed by atoms with Crippen LogP contribution in [0.2, 0.25) is 0 Å². The van der Waals surface area contributed by atoms with E-state index < -0.39 is 16.0 Å². The molecule has 0 aromatic heterocycles. The normalized spacial score (nSPS) is 13.0. The van der Waals surface area contributed by atoms with Crippen LogP contribution >= 0.6 is 0 Å². The van der Waals surface area contributed by atoms with Crippen molar-refractivity contribution in [3.05, 3.63) is 52.1 Å². The zero-order valence-corrected chi connectivity index (χ0v) is 20.1. The lowest BCUT2D eigenvalue weighted by atomic mass is 9.93. The lowest BCUT2D eigenvalue weighted by Crippen LogP contribution is -2.26. The molecule has 0 fully saturated rings. The van der Waals surface area contributed by atoms with Gasteiger partial charge >= 0.3 is 5.97 Å². The first-order valence-corrected chi connectivity index (χ1v) is 12.2. The minimum absolute atomic E-state index is 0.0120. The molecule has 0 radical (unpaired) electrons. The van der Waals surface area contributed by atoms with Gasteiger partial charge in [0, 0.05) is 24.6 Å². The molecule has 1 aliphatic rings. The molecule has 1 aliphatic heterocycles. The van der Waals surface area contributed by atoms with E-state index in [1.54, 1.807) is 6.07 Å². The first kappa shape index (κ1) is 24.7. The number of carbonyl (C=O) groups is 2. The van der Waals surface area contributed by atoms with Crippen LogP contribution in [0.4, 0.5) is 0 Å². The van der Waals surface area contributed by atoms with Gasteiger partial charge in [0.2, 0.25) is 15.8 Å². The van der Waals surface area contributed by atoms with Gasteiger partial charge in [0.1, 0.15) is 13.2 Å². The number of benzene rings is 2. The summed E-state index contributed by atoms with van der Waals surface area (Å²) in [6.07, 6.45) is 0.223. The maximum Gasteiger partial charge on any atom is 0.306 e. The molecule has 1 N–H and O–H groups in total.